The van der Waals surface area contributed by atoms with Gasteiger partial charge in [0.1, 0.15) is 11.6 Å². The second-order valence-corrected chi connectivity index (χ2v) is 15.0. The highest BCUT2D eigenvalue weighted by atomic mass is 32.2. The van der Waals surface area contributed by atoms with E-state index in [4.69, 9.17) is 5.26 Å². The molecule has 0 unspecified atom stereocenters. The summed E-state index contributed by atoms with van der Waals surface area (Å²) in [4.78, 5) is 20.3. The Bertz CT molecular complexity index is 2300. The molecule has 0 spiro atoms. The van der Waals surface area contributed by atoms with Gasteiger partial charge >= 0.3 is 5.97 Å². The minimum absolute atomic E-state index is 0.280. The molecule has 2 heterocycles. The summed E-state index contributed by atoms with van der Waals surface area (Å²) in [5.41, 5.74) is 8.76. The second-order valence-electron chi connectivity index (χ2n) is 12.8. The van der Waals surface area contributed by atoms with Crippen molar-refractivity contribution in [2.75, 3.05) is 16.3 Å². The van der Waals surface area contributed by atoms with Gasteiger partial charge in [-0.15, -0.1) is 11.3 Å². The summed E-state index contributed by atoms with van der Waals surface area (Å²) >= 11 is 3.31. The lowest BCUT2D eigenvalue weighted by molar-refractivity contribution is -0.132. The fraction of sp³-hybridized carbons (Fsp3) is 0.130. The summed E-state index contributed by atoms with van der Waals surface area (Å²) < 4.78 is 0. The number of fused-ring (bicyclic) bond motifs is 2. The van der Waals surface area contributed by atoms with E-state index >= 15 is 0 Å². The van der Waals surface area contributed by atoms with Gasteiger partial charge in [-0.25, -0.2) is 4.79 Å². The molecule has 0 aliphatic carbocycles. The molecule has 1 aromatic heterocycles. The standard InChI is InChI=1S/C46H39N3O2S2/c1-2-3-4-10-29-48-41-13-8-9-14-44(41)53-45-30-34(19-27-42(45)48)16-15-33-17-22-38(23-18-33)49(37-11-6-5-7-12-37)39-24-20-35(21-25-39)43-28-26-40(52-43)31-36(32-47)46(50)51/h5-9,11-28,30-31H,2-4,10,29H2,1H3,(H,50,51). The van der Waals surface area contributed by atoms with Gasteiger partial charge in [-0.05, 0) is 102 Å². The smallest absolute Gasteiger partial charge is 0.346 e. The number of carbonyl (C=O) groups is 1. The van der Waals surface area contributed by atoms with Crippen molar-refractivity contribution in [2.24, 2.45) is 0 Å². The van der Waals surface area contributed by atoms with Crippen molar-refractivity contribution in [3.63, 3.8) is 0 Å². The molecule has 0 saturated carbocycles. The van der Waals surface area contributed by atoms with Gasteiger partial charge < -0.3 is 14.9 Å². The van der Waals surface area contributed by atoms with Crippen molar-refractivity contribution >= 4 is 75.7 Å². The quantitative estimate of drug-likeness (QED) is 0.0552. The molecule has 53 heavy (non-hydrogen) atoms. The topological polar surface area (TPSA) is 67.6 Å². The molecule has 5 nitrogen and oxygen atoms in total. The summed E-state index contributed by atoms with van der Waals surface area (Å²) in [6.07, 6.45) is 10.8. The van der Waals surface area contributed by atoms with Crippen molar-refractivity contribution in [1.29, 1.82) is 5.26 Å². The molecule has 1 N–H and O–H groups in total. The highest BCUT2D eigenvalue weighted by Crippen LogP contribution is 2.48. The van der Waals surface area contributed by atoms with E-state index in [-0.39, 0.29) is 5.57 Å². The van der Waals surface area contributed by atoms with Gasteiger partial charge in [0, 0.05) is 43.2 Å². The monoisotopic (exact) mass is 729 g/mol. The van der Waals surface area contributed by atoms with E-state index in [9.17, 15) is 9.90 Å². The van der Waals surface area contributed by atoms with E-state index in [2.05, 4.69) is 132 Å². The van der Waals surface area contributed by atoms with Gasteiger partial charge in [-0.1, -0.05) is 111 Å². The maximum Gasteiger partial charge on any atom is 0.346 e. The zero-order valence-electron chi connectivity index (χ0n) is 29.5. The number of hydrogen-bond acceptors (Lipinski definition) is 6. The lowest BCUT2D eigenvalue weighted by Crippen LogP contribution is -2.22. The van der Waals surface area contributed by atoms with Crippen LogP contribution < -0.4 is 9.80 Å². The van der Waals surface area contributed by atoms with Gasteiger partial charge in [0.2, 0.25) is 0 Å². The van der Waals surface area contributed by atoms with E-state index in [1.54, 1.807) is 6.07 Å². The van der Waals surface area contributed by atoms with Gasteiger partial charge in [-0.3, -0.25) is 0 Å². The average molecular weight is 730 g/mol. The minimum Gasteiger partial charge on any atom is -0.477 e. The Morgan fingerprint density at radius 3 is 2.13 bits per heavy atom. The predicted molar refractivity (Wildman–Crippen MR) is 223 cm³/mol. The SMILES string of the molecule is CCCCCCN1c2ccccc2Sc2cc(C=Cc3ccc(N(c4ccccc4)c4ccc(-c5ccc(C=C(C#N)C(=O)O)s5)cc4)cc3)ccc21. The third kappa shape index (κ3) is 8.31. The molecule has 0 atom stereocenters. The van der Waals surface area contributed by atoms with Crippen LogP contribution in [0, 0.1) is 11.3 Å². The number of rotatable bonds is 13. The van der Waals surface area contributed by atoms with Crippen LogP contribution in [0.1, 0.15) is 48.6 Å². The third-order valence-electron chi connectivity index (χ3n) is 9.19. The molecule has 6 aromatic rings. The maximum atomic E-state index is 11.3. The fourth-order valence-corrected chi connectivity index (χ4v) is 8.59. The number of nitrogens with zero attached hydrogens (tertiary/aromatic N) is 3. The van der Waals surface area contributed by atoms with Gasteiger partial charge in [-0.2, -0.15) is 5.26 Å². The molecule has 7 rings (SSSR count). The highest BCUT2D eigenvalue weighted by Gasteiger charge is 2.23. The minimum atomic E-state index is -1.22. The van der Waals surface area contributed by atoms with Crippen molar-refractivity contribution in [2.45, 2.75) is 42.4 Å². The van der Waals surface area contributed by atoms with Crippen molar-refractivity contribution in [3.05, 3.63) is 155 Å². The van der Waals surface area contributed by atoms with E-state index < -0.39 is 5.97 Å². The first kappa shape index (κ1) is 35.6. The van der Waals surface area contributed by atoms with Crippen LogP contribution in [0.5, 0.6) is 0 Å². The number of carboxylic acids is 1. The number of anilines is 5. The molecule has 1 aliphatic heterocycles. The molecule has 7 heteroatoms. The lowest BCUT2D eigenvalue weighted by Gasteiger charge is -2.33. The molecular formula is C46H39N3O2S2. The Morgan fingerprint density at radius 2 is 1.40 bits per heavy atom. The molecule has 0 saturated heterocycles. The number of carboxylic acid groups (broad SMARTS) is 1. The summed E-state index contributed by atoms with van der Waals surface area (Å²) in [5, 5.41) is 18.4. The molecule has 0 fully saturated rings. The second kappa shape index (κ2) is 16.7. The molecular weight excluding hydrogens is 691 g/mol. The first-order valence-electron chi connectivity index (χ1n) is 17.9. The summed E-state index contributed by atoms with van der Waals surface area (Å²) in [7, 11) is 0. The van der Waals surface area contributed by atoms with Crippen LogP contribution >= 0.6 is 23.1 Å². The molecule has 1 aliphatic rings. The van der Waals surface area contributed by atoms with Crippen LogP contribution in [0.4, 0.5) is 28.4 Å². The van der Waals surface area contributed by atoms with E-state index in [1.807, 2.05) is 42.1 Å². The number of para-hydroxylation sites is 2. The van der Waals surface area contributed by atoms with Crippen LogP contribution in [-0.2, 0) is 4.79 Å². The molecule has 262 valence electrons. The zero-order chi connectivity index (χ0) is 36.6. The van der Waals surface area contributed by atoms with Crippen molar-refractivity contribution in [3.8, 4) is 16.5 Å². The molecule has 0 radical (unpaired) electrons. The average Bonchev–Trinajstić information content (AvgIpc) is 3.67. The van der Waals surface area contributed by atoms with E-state index in [0.29, 0.717) is 0 Å². The molecule has 0 bridgehead atoms. The number of aliphatic carboxylic acids is 1. The Balaban J connectivity index is 1.10. The Morgan fingerprint density at radius 1 is 0.736 bits per heavy atom. The number of unbranched alkanes of at least 4 members (excludes halogenated alkanes) is 3. The van der Waals surface area contributed by atoms with Crippen LogP contribution in [0.2, 0.25) is 0 Å². The highest BCUT2D eigenvalue weighted by molar-refractivity contribution is 7.99. The van der Waals surface area contributed by atoms with Gasteiger partial charge in [0.15, 0.2) is 0 Å². The molecule has 5 aromatic carbocycles. The van der Waals surface area contributed by atoms with Crippen molar-refractivity contribution < 1.29 is 9.90 Å². The number of nitriles is 1. The van der Waals surface area contributed by atoms with Gasteiger partial charge in [0.25, 0.3) is 0 Å². The number of thiophene rings is 1. The fourth-order valence-electron chi connectivity index (χ4n) is 6.49. The number of benzene rings is 5. The third-order valence-corrected chi connectivity index (χ3v) is 11.4. The first-order valence-corrected chi connectivity index (χ1v) is 19.5. The van der Waals surface area contributed by atoms with Crippen LogP contribution in [0.25, 0.3) is 28.7 Å². The molecule has 0 amide bonds. The van der Waals surface area contributed by atoms with Crippen LogP contribution in [0.15, 0.2) is 149 Å². The summed E-state index contributed by atoms with van der Waals surface area (Å²) in [6.45, 7) is 3.29. The Kier molecular flexibility index (Phi) is 11.2. The first-order chi connectivity index (χ1) is 26.0. The van der Waals surface area contributed by atoms with Crippen molar-refractivity contribution in [1.82, 2.24) is 0 Å². The summed E-state index contributed by atoms with van der Waals surface area (Å²) in [5.74, 6) is -1.22. The Hall–Kier alpha value is -5.81. The predicted octanol–water partition coefficient (Wildman–Crippen LogP) is 13.2. The normalized spacial score (nSPS) is 12.3. The van der Waals surface area contributed by atoms with Crippen LogP contribution in [0.3, 0.4) is 0 Å². The largest absolute Gasteiger partial charge is 0.477 e. The van der Waals surface area contributed by atoms with E-state index in [0.717, 1.165) is 44.5 Å². The summed E-state index contributed by atoms with van der Waals surface area (Å²) in [6, 6.07) is 48.4. The number of hydrogen-bond donors (Lipinski definition) is 1. The zero-order valence-corrected chi connectivity index (χ0v) is 31.1. The lowest BCUT2D eigenvalue weighted by atomic mass is 10.1. The van der Waals surface area contributed by atoms with Gasteiger partial charge in [0.05, 0.1) is 11.4 Å². The van der Waals surface area contributed by atoms with Crippen LogP contribution in [-0.4, -0.2) is 17.6 Å². The maximum absolute atomic E-state index is 11.3. The van der Waals surface area contributed by atoms with E-state index in [1.165, 1.54) is 69.8 Å². The Labute approximate surface area is 319 Å².